The molecular weight excluding hydrogens is 286 g/mol. The van der Waals surface area contributed by atoms with Crippen LogP contribution in [0.15, 0.2) is 30.6 Å². The van der Waals surface area contributed by atoms with Gasteiger partial charge in [-0.1, -0.05) is 23.7 Å². The molecule has 3 rings (SSSR count). The van der Waals surface area contributed by atoms with E-state index in [1.54, 1.807) is 11.0 Å². The molecule has 0 fully saturated rings. The van der Waals surface area contributed by atoms with E-state index in [2.05, 4.69) is 26.0 Å². The molecule has 2 heterocycles. The monoisotopic (exact) mass is 301 g/mol. The van der Waals surface area contributed by atoms with E-state index in [1.165, 1.54) is 0 Å². The van der Waals surface area contributed by atoms with Gasteiger partial charge in [0.15, 0.2) is 5.65 Å². The molecule has 0 radical (unpaired) electrons. The zero-order valence-electron chi connectivity index (χ0n) is 12.2. The van der Waals surface area contributed by atoms with Gasteiger partial charge in [-0.25, -0.2) is 9.97 Å². The number of anilines is 1. The molecule has 0 saturated heterocycles. The first-order valence-electron chi connectivity index (χ1n) is 6.66. The first-order valence-corrected chi connectivity index (χ1v) is 7.04. The topological polar surface area (TPSA) is 46.8 Å². The SMILES string of the molecule is Cc1nn(C)c2ncnc(N(C)Cc3cccc(Cl)c3)c12. The minimum atomic E-state index is 0.723. The smallest absolute Gasteiger partial charge is 0.163 e. The summed E-state index contributed by atoms with van der Waals surface area (Å²) in [6.07, 6.45) is 1.58. The van der Waals surface area contributed by atoms with Gasteiger partial charge in [-0.05, 0) is 24.6 Å². The second-order valence-electron chi connectivity index (χ2n) is 5.09. The van der Waals surface area contributed by atoms with Crippen LogP contribution in [0.4, 0.5) is 5.82 Å². The predicted molar refractivity (Wildman–Crippen MR) is 84.6 cm³/mol. The standard InChI is InChI=1S/C15H16ClN5/c1-10-13-14(17-9-18-15(13)21(3)19-10)20(2)8-11-5-4-6-12(16)7-11/h4-7,9H,8H2,1-3H3. The van der Waals surface area contributed by atoms with Gasteiger partial charge in [0, 0.05) is 25.7 Å². The lowest BCUT2D eigenvalue weighted by Crippen LogP contribution is -2.18. The van der Waals surface area contributed by atoms with Crippen molar-refractivity contribution >= 4 is 28.5 Å². The van der Waals surface area contributed by atoms with Crippen LogP contribution in [0.2, 0.25) is 5.02 Å². The van der Waals surface area contributed by atoms with E-state index < -0.39 is 0 Å². The summed E-state index contributed by atoms with van der Waals surface area (Å²) in [6.45, 7) is 2.70. The molecule has 0 N–H and O–H groups in total. The Morgan fingerprint density at radius 2 is 2.10 bits per heavy atom. The molecule has 5 nitrogen and oxygen atoms in total. The van der Waals surface area contributed by atoms with Crippen molar-refractivity contribution in [3.05, 3.63) is 46.9 Å². The molecule has 0 unspecified atom stereocenters. The van der Waals surface area contributed by atoms with Crippen molar-refractivity contribution in [3.63, 3.8) is 0 Å². The second kappa shape index (κ2) is 5.33. The number of benzene rings is 1. The third-order valence-corrected chi connectivity index (χ3v) is 3.68. The minimum Gasteiger partial charge on any atom is -0.355 e. The fourth-order valence-electron chi connectivity index (χ4n) is 2.53. The second-order valence-corrected chi connectivity index (χ2v) is 5.53. The first-order chi connectivity index (χ1) is 10.1. The fraction of sp³-hybridized carbons (Fsp3) is 0.267. The Morgan fingerprint density at radius 3 is 2.86 bits per heavy atom. The Kier molecular flexibility index (Phi) is 3.51. The summed E-state index contributed by atoms with van der Waals surface area (Å²) in [5, 5.41) is 6.15. The van der Waals surface area contributed by atoms with E-state index in [-0.39, 0.29) is 0 Å². The van der Waals surface area contributed by atoms with E-state index in [0.717, 1.165) is 39.7 Å². The normalized spacial score (nSPS) is 11.0. The van der Waals surface area contributed by atoms with Crippen molar-refractivity contribution in [1.29, 1.82) is 0 Å². The zero-order chi connectivity index (χ0) is 15.0. The van der Waals surface area contributed by atoms with Gasteiger partial charge in [-0.3, -0.25) is 4.68 Å². The molecule has 108 valence electrons. The molecule has 6 heteroatoms. The lowest BCUT2D eigenvalue weighted by molar-refractivity contribution is 0.773. The number of hydrogen-bond donors (Lipinski definition) is 0. The highest BCUT2D eigenvalue weighted by atomic mass is 35.5. The van der Waals surface area contributed by atoms with Crippen LogP contribution in [0.25, 0.3) is 11.0 Å². The number of halogens is 1. The molecule has 0 saturated carbocycles. The molecule has 3 aromatic rings. The van der Waals surface area contributed by atoms with Crippen molar-refractivity contribution < 1.29 is 0 Å². The Labute approximate surface area is 128 Å². The maximum atomic E-state index is 6.04. The minimum absolute atomic E-state index is 0.723. The Morgan fingerprint density at radius 1 is 1.29 bits per heavy atom. The average molecular weight is 302 g/mol. The van der Waals surface area contributed by atoms with Crippen molar-refractivity contribution in [2.75, 3.05) is 11.9 Å². The van der Waals surface area contributed by atoms with Gasteiger partial charge >= 0.3 is 0 Å². The summed E-state index contributed by atoms with van der Waals surface area (Å²) < 4.78 is 1.78. The Bertz CT molecular complexity index is 796. The largest absolute Gasteiger partial charge is 0.355 e. The van der Waals surface area contributed by atoms with Crippen molar-refractivity contribution in [3.8, 4) is 0 Å². The lowest BCUT2D eigenvalue weighted by atomic mass is 10.2. The Hall–Kier alpha value is -2.14. The van der Waals surface area contributed by atoms with E-state index in [0.29, 0.717) is 0 Å². The summed E-state index contributed by atoms with van der Waals surface area (Å²) in [4.78, 5) is 10.8. The third kappa shape index (κ3) is 2.56. The first kappa shape index (κ1) is 13.8. The van der Waals surface area contributed by atoms with Gasteiger partial charge in [0.25, 0.3) is 0 Å². The predicted octanol–water partition coefficient (Wildman–Crippen LogP) is 2.96. The van der Waals surface area contributed by atoms with Crippen LogP contribution in [0.1, 0.15) is 11.3 Å². The summed E-state index contributed by atoms with van der Waals surface area (Å²) in [5.74, 6) is 0.880. The van der Waals surface area contributed by atoms with E-state index in [1.807, 2.05) is 39.2 Å². The van der Waals surface area contributed by atoms with Crippen LogP contribution in [0.5, 0.6) is 0 Å². The maximum absolute atomic E-state index is 6.04. The van der Waals surface area contributed by atoms with Gasteiger partial charge in [-0.15, -0.1) is 0 Å². The van der Waals surface area contributed by atoms with Crippen LogP contribution < -0.4 is 4.90 Å². The number of aromatic nitrogens is 4. The number of fused-ring (bicyclic) bond motifs is 1. The molecule has 21 heavy (non-hydrogen) atoms. The van der Waals surface area contributed by atoms with Gasteiger partial charge in [0.2, 0.25) is 0 Å². The molecule has 2 aromatic heterocycles. The van der Waals surface area contributed by atoms with Crippen molar-refractivity contribution in [2.45, 2.75) is 13.5 Å². The molecule has 0 aliphatic rings. The molecule has 0 amide bonds. The van der Waals surface area contributed by atoms with Crippen molar-refractivity contribution in [1.82, 2.24) is 19.7 Å². The summed E-state index contributed by atoms with van der Waals surface area (Å²) in [6, 6.07) is 7.85. The lowest BCUT2D eigenvalue weighted by Gasteiger charge is -2.19. The van der Waals surface area contributed by atoms with E-state index >= 15 is 0 Å². The molecule has 0 bridgehead atoms. The van der Waals surface area contributed by atoms with Crippen LogP contribution in [-0.4, -0.2) is 26.8 Å². The maximum Gasteiger partial charge on any atom is 0.163 e. The number of rotatable bonds is 3. The van der Waals surface area contributed by atoms with Gasteiger partial charge in [0.1, 0.15) is 12.1 Å². The number of hydrogen-bond acceptors (Lipinski definition) is 4. The van der Waals surface area contributed by atoms with Gasteiger partial charge in [0.05, 0.1) is 11.1 Å². The molecule has 1 aromatic carbocycles. The molecule has 0 aliphatic heterocycles. The average Bonchev–Trinajstić information content (AvgIpc) is 2.74. The molecule has 0 aliphatic carbocycles. The van der Waals surface area contributed by atoms with Crippen LogP contribution in [0, 0.1) is 6.92 Å². The zero-order valence-corrected chi connectivity index (χ0v) is 13.0. The molecule has 0 spiro atoms. The fourth-order valence-corrected chi connectivity index (χ4v) is 2.75. The van der Waals surface area contributed by atoms with Crippen LogP contribution >= 0.6 is 11.6 Å². The van der Waals surface area contributed by atoms with Crippen molar-refractivity contribution in [2.24, 2.45) is 7.05 Å². The van der Waals surface area contributed by atoms with E-state index in [4.69, 9.17) is 11.6 Å². The molecular formula is C15H16ClN5. The Balaban J connectivity index is 2.00. The highest BCUT2D eigenvalue weighted by Crippen LogP contribution is 2.26. The van der Waals surface area contributed by atoms with Gasteiger partial charge in [-0.2, -0.15) is 5.10 Å². The highest BCUT2D eigenvalue weighted by molar-refractivity contribution is 6.30. The highest BCUT2D eigenvalue weighted by Gasteiger charge is 2.15. The van der Waals surface area contributed by atoms with Crippen LogP contribution in [0.3, 0.4) is 0 Å². The summed E-state index contributed by atoms with van der Waals surface area (Å²) in [5.41, 5.74) is 2.91. The number of nitrogens with zero attached hydrogens (tertiary/aromatic N) is 5. The van der Waals surface area contributed by atoms with E-state index in [9.17, 15) is 0 Å². The summed E-state index contributed by atoms with van der Waals surface area (Å²) in [7, 11) is 3.90. The van der Waals surface area contributed by atoms with Crippen LogP contribution in [-0.2, 0) is 13.6 Å². The number of aryl methyl sites for hydroxylation is 2. The quantitative estimate of drug-likeness (QED) is 0.746. The molecule has 0 atom stereocenters. The van der Waals surface area contributed by atoms with Gasteiger partial charge < -0.3 is 4.90 Å². The third-order valence-electron chi connectivity index (χ3n) is 3.45. The summed E-state index contributed by atoms with van der Waals surface area (Å²) >= 11 is 6.04.